The number of alkyl halides is 2. The smallest absolute Gasteiger partial charge is 0.426 e. The van der Waals surface area contributed by atoms with E-state index in [0.717, 1.165) is 16.7 Å². The third kappa shape index (κ3) is 8.46. The van der Waals surface area contributed by atoms with Crippen LogP contribution < -0.4 is 4.74 Å². The van der Waals surface area contributed by atoms with E-state index in [4.69, 9.17) is 9.84 Å². The van der Waals surface area contributed by atoms with Gasteiger partial charge in [-0.15, -0.1) is 0 Å². The van der Waals surface area contributed by atoms with Crippen molar-refractivity contribution in [1.29, 1.82) is 0 Å². The Labute approximate surface area is 237 Å². The molecule has 2 N–H and O–H groups in total. The number of halogens is 2. The second-order valence-corrected chi connectivity index (χ2v) is 9.73. The Kier molecular flexibility index (Phi) is 9.81. The molecule has 0 atom stereocenters. The van der Waals surface area contributed by atoms with Crippen molar-refractivity contribution in [2.24, 2.45) is 0 Å². The van der Waals surface area contributed by atoms with Crippen LogP contribution in [0.3, 0.4) is 0 Å². The van der Waals surface area contributed by atoms with Gasteiger partial charge >= 0.3 is 18.0 Å². The number of carbonyl (C=O) groups is 2. The van der Waals surface area contributed by atoms with Crippen LogP contribution in [0.15, 0.2) is 103 Å². The summed E-state index contributed by atoms with van der Waals surface area (Å²) in [5.74, 6) is -1.86. The number of hydrogen-bond donors (Lipinski definition) is 2. The van der Waals surface area contributed by atoms with Gasteiger partial charge in [0.2, 0.25) is 0 Å². The minimum absolute atomic E-state index is 0.0378. The first-order valence-corrected chi connectivity index (χ1v) is 13.3. The summed E-state index contributed by atoms with van der Waals surface area (Å²) in [6, 6.07) is 28.6. The zero-order chi connectivity index (χ0) is 29.2. The fraction of sp³-hybridized carbons (Fsp3) is 0.212. The van der Waals surface area contributed by atoms with Crippen molar-refractivity contribution in [3.05, 3.63) is 125 Å². The van der Waals surface area contributed by atoms with Crippen molar-refractivity contribution in [2.45, 2.75) is 38.5 Å². The molecule has 212 valence electrons. The van der Waals surface area contributed by atoms with E-state index in [-0.39, 0.29) is 29.8 Å². The zero-order valence-electron chi connectivity index (χ0n) is 22.4. The van der Waals surface area contributed by atoms with Gasteiger partial charge in [-0.1, -0.05) is 72.8 Å². The first-order chi connectivity index (χ1) is 19.7. The van der Waals surface area contributed by atoms with Crippen LogP contribution in [-0.4, -0.2) is 33.6 Å². The van der Waals surface area contributed by atoms with E-state index in [0.29, 0.717) is 31.5 Å². The number of rotatable bonds is 14. The summed E-state index contributed by atoms with van der Waals surface area (Å²) >= 11 is 0. The van der Waals surface area contributed by atoms with Crippen molar-refractivity contribution in [1.82, 2.24) is 4.90 Å². The molecule has 0 aliphatic rings. The monoisotopic (exact) mass is 559 g/mol. The summed E-state index contributed by atoms with van der Waals surface area (Å²) in [6.45, 7) is 1.20. The minimum Gasteiger partial charge on any atom is -0.481 e. The van der Waals surface area contributed by atoms with Crippen molar-refractivity contribution < 1.29 is 33.3 Å². The summed E-state index contributed by atoms with van der Waals surface area (Å²) in [5, 5.41) is 18.2. The number of para-hydroxylation sites is 1. The third-order valence-corrected chi connectivity index (χ3v) is 6.65. The van der Waals surface area contributed by atoms with E-state index in [1.165, 1.54) is 30.3 Å². The standard InChI is InChI=1S/C33H31F2NO5/c34-33(35,29-19-17-26(18-20-29)25-8-2-1-3-9-25)41-30-11-5-4-10-28(30)23-36(21-7-6-12-31(37)38)22-24-13-15-27(16-14-24)32(39)40/h1-5,8-11,13-20H,6-7,12,21-23H2,(H,37,38)(H,39,40). The van der Waals surface area contributed by atoms with Crippen molar-refractivity contribution in [3.8, 4) is 16.9 Å². The number of nitrogens with zero attached hydrogens (tertiary/aromatic N) is 1. The quantitative estimate of drug-likeness (QED) is 0.156. The summed E-state index contributed by atoms with van der Waals surface area (Å²) in [4.78, 5) is 24.2. The molecule has 0 bridgehead atoms. The molecule has 4 aromatic rings. The van der Waals surface area contributed by atoms with Gasteiger partial charge in [-0.25, -0.2) is 4.79 Å². The van der Waals surface area contributed by atoms with E-state index in [1.54, 1.807) is 42.5 Å². The highest BCUT2D eigenvalue weighted by molar-refractivity contribution is 5.87. The highest BCUT2D eigenvalue weighted by atomic mass is 19.3. The van der Waals surface area contributed by atoms with Gasteiger partial charge in [-0.05, 0) is 66.4 Å². The molecule has 0 saturated heterocycles. The third-order valence-electron chi connectivity index (χ3n) is 6.65. The molecule has 0 saturated carbocycles. The van der Waals surface area contributed by atoms with Crippen molar-refractivity contribution in [3.63, 3.8) is 0 Å². The van der Waals surface area contributed by atoms with Crippen LogP contribution in [0.2, 0.25) is 0 Å². The predicted molar refractivity (Wildman–Crippen MR) is 152 cm³/mol. The second-order valence-electron chi connectivity index (χ2n) is 9.73. The SMILES string of the molecule is O=C(O)CCCCN(Cc1ccc(C(=O)O)cc1)Cc1ccccc1OC(F)(F)c1ccc(-c2ccccc2)cc1. The Morgan fingerprint density at radius 2 is 1.37 bits per heavy atom. The lowest BCUT2D eigenvalue weighted by atomic mass is 10.0. The molecule has 0 spiro atoms. The molecule has 0 heterocycles. The molecule has 41 heavy (non-hydrogen) atoms. The molecular weight excluding hydrogens is 528 g/mol. The van der Waals surface area contributed by atoms with Gasteiger partial charge < -0.3 is 14.9 Å². The molecule has 6 nitrogen and oxygen atoms in total. The first kappa shape index (κ1) is 29.4. The average Bonchev–Trinajstić information content (AvgIpc) is 2.97. The van der Waals surface area contributed by atoms with Crippen LogP contribution in [0, 0.1) is 0 Å². The van der Waals surface area contributed by atoms with Gasteiger partial charge in [0.05, 0.1) is 11.1 Å². The maximum Gasteiger partial charge on any atom is 0.426 e. The van der Waals surface area contributed by atoms with E-state index >= 15 is 8.78 Å². The fourth-order valence-corrected chi connectivity index (χ4v) is 4.50. The number of hydrogen-bond acceptors (Lipinski definition) is 4. The molecule has 8 heteroatoms. The molecule has 0 unspecified atom stereocenters. The van der Waals surface area contributed by atoms with E-state index in [2.05, 4.69) is 0 Å². The first-order valence-electron chi connectivity index (χ1n) is 13.3. The Morgan fingerprint density at radius 1 is 0.732 bits per heavy atom. The second kappa shape index (κ2) is 13.7. The maximum absolute atomic E-state index is 15.3. The number of unbranched alkanes of at least 4 members (excludes halogenated alkanes) is 1. The molecule has 0 amide bonds. The topological polar surface area (TPSA) is 87.1 Å². The Hall–Kier alpha value is -4.56. The molecular formula is C33H31F2NO5. The molecule has 0 radical (unpaired) electrons. The number of ether oxygens (including phenoxy) is 1. The van der Waals surface area contributed by atoms with Crippen LogP contribution in [0.4, 0.5) is 8.78 Å². The summed E-state index contributed by atoms with van der Waals surface area (Å²) in [6.07, 6.45) is -2.48. The lowest BCUT2D eigenvalue weighted by Gasteiger charge is -2.25. The van der Waals surface area contributed by atoms with Gasteiger partial charge in [0.25, 0.3) is 0 Å². The highest BCUT2D eigenvalue weighted by Gasteiger charge is 2.35. The molecule has 4 aromatic carbocycles. The Balaban J connectivity index is 1.50. The highest BCUT2D eigenvalue weighted by Crippen LogP contribution is 2.35. The van der Waals surface area contributed by atoms with Crippen LogP contribution in [0.5, 0.6) is 5.75 Å². The van der Waals surface area contributed by atoms with Crippen LogP contribution in [0.25, 0.3) is 11.1 Å². The van der Waals surface area contributed by atoms with Crippen molar-refractivity contribution in [2.75, 3.05) is 6.54 Å². The lowest BCUT2D eigenvalue weighted by Crippen LogP contribution is -2.26. The molecule has 0 fully saturated rings. The molecule has 4 rings (SSSR count). The molecule has 0 aromatic heterocycles. The number of carboxylic acids is 2. The Bertz CT molecular complexity index is 1440. The van der Waals surface area contributed by atoms with Crippen LogP contribution in [0.1, 0.15) is 46.3 Å². The van der Waals surface area contributed by atoms with Gasteiger partial charge in [-0.2, -0.15) is 8.78 Å². The summed E-state index contributed by atoms with van der Waals surface area (Å²) in [5.41, 5.74) is 3.04. The largest absolute Gasteiger partial charge is 0.481 e. The molecule has 0 aliphatic carbocycles. The number of benzene rings is 4. The zero-order valence-corrected chi connectivity index (χ0v) is 22.4. The number of aliphatic carboxylic acids is 1. The number of carboxylic acid groups (broad SMARTS) is 2. The average molecular weight is 560 g/mol. The lowest BCUT2D eigenvalue weighted by molar-refractivity contribution is -0.186. The van der Waals surface area contributed by atoms with Gasteiger partial charge in [0.1, 0.15) is 5.75 Å². The fourth-order valence-electron chi connectivity index (χ4n) is 4.50. The predicted octanol–water partition coefficient (Wildman–Crippen LogP) is 7.44. The summed E-state index contributed by atoms with van der Waals surface area (Å²) < 4.78 is 36.0. The molecule has 0 aliphatic heterocycles. The van der Waals surface area contributed by atoms with Gasteiger partial charge in [-0.3, -0.25) is 9.69 Å². The summed E-state index contributed by atoms with van der Waals surface area (Å²) in [7, 11) is 0. The van der Waals surface area contributed by atoms with E-state index < -0.39 is 18.0 Å². The van der Waals surface area contributed by atoms with E-state index in [9.17, 15) is 14.7 Å². The Morgan fingerprint density at radius 3 is 2.02 bits per heavy atom. The van der Waals surface area contributed by atoms with Crippen LogP contribution in [-0.2, 0) is 24.0 Å². The van der Waals surface area contributed by atoms with Gasteiger partial charge in [0.15, 0.2) is 0 Å². The van der Waals surface area contributed by atoms with E-state index in [1.807, 2.05) is 35.2 Å². The normalized spacial score (nSPS) is 11.4. The van der Waals surface area contributed by atoms with Gasteiger partial charge in [0, 0.05) is 25.1 Å². The maximum atomic E-state index is 15.3. The number of aromatic carboxylic acids is 1. The minimum atomic E-state index is -3.58. The van der Waals surface area contributed by atoms with Crippen LogP contribution >= 0.6 is 0 Å². The van der Waals surface area contributed by atoms with Crippen molar-refractivity contribution >= 4 is 11.9 Å².